The van der Waals surface area contributed by atoms with Crippen molar-refractivity contribution in [2.24, 2.45) is 0 Å². The predicted molar refractivity (Wildman–Crippen MR) is 190 cm³/mol. The maximum Gasteiger partial charge on any atom is 0.411 e. The summed E-state index contributed by atoms with van der Waals surface area (Å²) in [6.45, 7) is 1.35. The molecule has 0 aromatic heterocycles. The average molecular weight is 749 g/mol. The van der Waals surface area contributed by atoms with Gasteiger partial charge in [0.25, 0.3) is 17.7 Å². The van der Waals surface area contributed by atoms with Crippen LogP contribution in [0.3, 0.4) is 0 Å². The Morgan fingerprint density at radius 1 is 0.519 bits per heavy atom. The molecular formula is C39H30F6N4O5. The van der Waals surface area contributed by atoms with Gasteiger partial charge in [-0.05, 0) is 90.8 Å². The summed E-state index contributed by atoms with van der Waals surface area (Å²) < 4.78 is 87.1. The average Bonchev–Trinajstić information content (AvgIpc) is 3.13. The van der Waals surface area contributed by atoms with Crippen LogP contribution in [0.1, 0.15) is 59.5 Å². The summed E-state index contributed by atoms with van der Waals surface area (Å²) in [4.78, 5) is 50.7. The van der Waals surface area contributed by atoms with Crippen molar-refractivity contribution in [3.8, 4) is 5.75 Å². The molecule has 278 valence electrons. The van der Waals surface area contributed by atoms with Gasteiger partial charge in [-0.1, -0.05) is 42.5 Å². The summed E-state index contributed by atoms with van der Waals surface area (Å²) in [5.74, 6) is -2.72. The first-order valence-corrected chi connectivity index (χ1v) is 15.9. The van der Waals surface area contributed by atoms with Crippen LogP contribution in [-0.2, 0) is 5.41 Å². The molecular weight excluding hydrogens is 718 g/mol. The smallest absolute Gasteiger partial charge is 0.411 e. The molecule has 5 aromatic rings. The van der Waals surface area contributed by atoms with Crippen LogP contribution in [-0.4, -0.2) is 48.0 Å². The Balaban J connectivity index is 1.32. The SMILES string of the molecule is CNc1ccc(C(c2ccc(NC(=O)c3cccc(C(=O)Nc4ccc(O)c(NC(=O)c5cccc(C(C)=O)c5)c4)c3)cc2)(C(F)(F)F)C(F)(F)F)cc1. The molecule has 0 saturated carbocycles. The monoisotopic (exact) mass is 748 g/mol. The molecule has 9 nitrogen and oxygen atoms in total. The lowest BCUT2D eigenvalue weighted by molar-refractivity contribution is -0.288. The topological polar surface area (TPSA) is 137 Å². The molecule has 0 fully saturated rings. The van der Waals surface area contributed by atoms with Gasteiger partial charge in [-0.3, -0.25) is 19.2 Å². The molecule has 0 saturated heterocycles. The van der Waals surface area contributed by atoms with Crippen molar-refractivity contribution in [3.05, 3.63) is 149 Å². The highest BCUT2D eigenvalue weighted by atomic mass is 19.4. The lowest BCUT2D eigenvalue weighted by atomic mass is 9.73. The molecule has 0 aliphatic carbocycles. The first-order chi connectivity index (χ1) is 25.4. The van der Waals surface area contributed by atoms with Crippen LogP contribution in [0.5, 0.6) is 5.75 Å². The Kier molecular flexibility index (Phi) is 10.8. The van der Waals surface area contributed by atoms with Gasteiger partial charge in [-0.25, -0.2) is 0 Å². The van der Waals surface area contributed by atoms with E-state index in [4.69, 9.17) is 0 Å². The number of carbonyl (C=O) groups excluding carboxylic acids is 4. The van der Waals surface area contributed by atoms with Crippen LogP contribution >= 0.6 is 0 Å². The molecule has 0 heterocycles. The quantitative estimate of drug-likeness (QED) is 0.0419. The molecule has 0 aliphatic rings. The number of phenolic OH excluding ortho intramolecular Hbond substituents is 1. The Morgan fingerprint density at radius 3 is 1.39 bits per heavy atom. The van der Waals surface area contributed by atoms with E-state index in [0.29, 0.717) is 23.4 Å². The molecule has 5 rings (SSSR count). The van der Waals surface area contributed by atoms with E-state index in [2.05, 4.69) is 21.3 Å². The highest BCUT2D eigenvalue weighted by Gasteiger charge is 2.72. The number of rotatable bonds is 10. The molecule has 54 heavy (non-hydrogen) atoms. The number of halogens is 6. The van der Waals surface area contributed by atoms with Crippen molar-refractivity contribution in [3.63, 3.8) is 0 Å². The van der Waals surface area contributed by atoms with Crippen LogP contribution in [0.25, 0.3) is 0 Å². The van der Waals surface area contributed by atoms with E-state index in [0.717, 1.165) is 36.4 Å². The van der Waals surface area contributed by atoms with Gasteiger partial charge in [0.2, 0.25) is 5.41 Å². The lowest BCUT2D eigenvalue weighted by Gasteiger charge is -2.38. The van der Waals surface area contributed by atoms with Crippen molar-refractivity contribution in [2.45, 2.75) is 24.7 Å². The fourth-order valence-corrected chi connectivity index (χ4v) is 5.67. The van der Waals surface area contributed by atoms with Crippen LogP contribution in [0.4, 0.5) is 49.1 Å². The fourth-order valence-electron chi connectivity index (χ4n) is 5.67. The van der Waals surface area contributed by atoms with Crippen molar-refractivity contribution in [2.75, 3.05) is 28.3 Å². The van der Waals surface area contributed by atoms with Gasteiger partial charge in [0.1, 0.15) is 5.75 Å². The zero-order valence-electron chi connectivity index (χ0n) is 28.3. The fraction of sp³-hybridized carbons (Fsp3) is 0.128. The van der Waals surface area contributed by atoms with Crippen LogP contribution < -0.4 is 21.3 Å². The van der Waals surface area contributed by atoms with E-state index in [1.807, 2.05) is 0 Å². The summed E-state index contributed by atoms with van der Waals surface area (Å²) >= 11 is 0. The first-order valence-electron chi connectivity index (χ1n) is 15.9. The molecule has 5 N–H and O–H groups in total. The number of alkyl halides is 6. The minimum Gasteiger partial charge on any atom is -0.506 e. The van der Waals surface area contributed by atoms with Gasteiger partial charge < -0.3 is 26.4 Å². The minimum atomic E-state index is -5.79. The number of Topliss-reactive ketones (excluding diaryl/α,β-unsaturated/α-hetero) is 1. The molecule has 15 heteroatoms. The van der Waals surface area contributed by atoms with E-state index >= 15 is 0 Å². The number of aromatic hydroxyl groups is 1. The lowest BCUT2D eigenvalue weighted by Crippen LogP contribution is -2.54. The minimum absolute atomic E-state index is 0.0119. The van der Waals surface area contributed by atoms with E-state index < -0.39 is 46.6 Å². The third-order valence-corrected chi connectivity index (χ3v) is 8.45. The number of nitrogens with one attached hydrogen (secondary N) is 4. The highest BCUT2D eigenvalue weighted by molar-refractivity contribution is 6.10. The zero-order valence-corrected chi connectivity index (χ0v) is 28.3. The number of hydrogen-bond donors (Lipinski definition) is 5. The normalized spacial score (nSPS) is 11.7. The standard InChI is InChI=1S/C39H30F6N4O5/c1-22(50)23-5-3-6-24(19-23)36(54)49-32-21-31(17-18-33(32)51)48-35(53)26-8-4-7-25(20-26)34(52)47-30-15-11-28(12-16-30)37(38(40,41)42,39(43,44)45)27-9-13-29(46-2)14-10-27/h3-21,46,51H,1-2H3,(H,47,52)(H,48,53)(H,49,54). The molecule has 0 spiro atoms. The summed E-state index contributed by atoms with van der Waals surface area (Å²) in [7, 11) is 1.46. The number of ketones is 1. The Bertz CT molecular complexity index is 2210. The van der Waals surface area contributed by atoms with Gasteiger partial charge in [-0.15, -0.1) is 0 Å². The molecule has 0 atom stereocenters. The first kappa shape index (κ1) is 38.6. The van der Waals surface area contributed by atoms with Gasteiger partial charge >= 0.3 is 12.4 Å². The van der Waals surface area contributed by atoms with Gasteiger partial charge in [-0.2, -0.15) is 26.3 Å². The number of hydrogen-bond acceptors (Lipinski definition) is 6. The molecule has 3 amide bonds. The molecule has 0 unspecified atom stereocenters. The van der Waals surface area contributed by atoms with E-state index in [1.165, 1.54) is 74.6 Å². The number of benzene rings is 5. The molecule has 5 aromatic carbocycles. The highest BCUT2D eigenvalue weighted by Crippen LogP contribution is 2.56. The second-order valence-electron chi connectivity index (χ2n) is 12.0. The van der Waals surface area contributed by atoms with E-state index in [9.17, 15) is 50.6 Å². The van der Waals surface area contributed by atoms with Gasteiger partial charge in [0.05, 0.1) is 5.69 Å². The van der Waals surface area contributed by atoms with Crippen LogP contribution in [0.15, 0.2) is 115 Å². The molecule has 0 bridgehead atoms. The number of anilines is 4. The second kappa shape index (κ2) is 15.1. The van der Waals surface area contributed by atoms with Gasteiger partial charge in [0, 0.05) is 46.4 Å². The number of amides is 3. The molecule has 0 aliphatic heterocycles. The summed E-state index contributed by atoms with van der Waals surface area (Å²) in [6, 6.07) is 21.9. The second-order valence-corrected chi connectivity index (χ2v) is 12.0. The van der Waals surface area contributed by atoms with Crippen molar-refractivity contribution in [1.29, 1.82) is 0 Å². The third-order valence-electron chi connectivity index (χ3n) is 8.45. The third kappa shape index (κ3) is 7.89. The van der Waals surface area contributed by atoms with Crippen LogP contribution in [0.2, 0.25) is 0 Å². The van der Waals surface area contributed by atoms with E-state index in [-0.39, 0.29) is 45.3 Å². The Hall–Kier alpha value is -6.64. The summed E-state index contributed by atoms with van der Waals surface area (Å²) in [6.07, 6.45) is -11.6. The summed E-state index contributed by atoms with van der Waals surface area (Å²) in [5, 5.41) is 20.5. The molecule has 0 radical (unpaired) electrons. The van der Waals surface area contributed by atoms with Crippen LogP contribution in [0, 0.1) is 0 Å². The van der Waals surface area contributed by atoms with Crippen molar-refractivity contribution >= 4 is 46.3 Å². The van der Waals surface area contributed by atoms with E-state index in [1.54, 1.807) is 6.07 Å². The Labute approximate surface area is 304 Å². The van der Waals surface area contributed by atoms with Gasteiger partial charge in [0.15, 0.2) is 5.78 Å². The van der Waals surface area contributed by atoms with Crippen molar-refractivity contribution in [1.82, 2.24) is 0 Å². The number of phenols is 1. The largest absolute Gasteiger partial charge is 0.506 e. The van der Waals surface area contributed by atoms with Crippen molar-refractivity contribution < 1.29 is 50.6 Å². The maximum atomic E-state index is 14.5. The Morgan fingerprint density at radius 2 is 0.926 bits per heavy atom. The number of carbonyl (C=O) groups is 4. The zero-order chi connectivity index (χ0) is 39.4. The predicted octanol–water partition coefficient (Wildman–Crippen LogP) is 8.80. The summed E-state index contributed by atoms with van der Waals surface area (Å²) in [5.41, 5.74) is -5.87. The maximum absolute atomic E-state index is 14.5.